The third-order valence-corrected chi connectivity index (χ3v) is 3.30. The molecule has 1 aromatic heterocycles. The minimum atomic E-state index is -4.34. The van der Waals surface area contributed by atoms with Gasteiger partial charge in [-0.15, -0.1) is 11.3 Å². The number of benzene rings is 1. The summed E-state index contributed by atoms with van der Waals surface area (Å²) >= 11 is 1.35. The van der Waals surface area contributed by atoms with Gasteiger partial charge in [0.1, 0.15) is 5.01 Å². The molecule has 6 heteroatoms. The van der Waals surface area contributed by atoms with Crippen molar-refractivity contribution in [2.75, 3.05) is 0 Å². The maximum absolute atomic E-state index is 12.7. The van der Waals surface area contributed by atoms with E-state index in [1.54, 1.807) is 18.4 Å². The number of nitrogens with two attached hydrogens (primary N) is 1. The standard InChI is InChI=1S/C12H11F3N2S/c1-7-2-8(4-9(3-7)12(13,14)15)10-6-18-11(5-16)17-10/h2-4,6H,5,16H2,1H3. The molecule has 1 heterocycles. The van der Waals surface area contributed by atoms with Crippen LogP contribution >= 0.6 is 11.3 Å². The van der Waals surface area contributed by atoms with Crippen molar-refractivity contribution in [1.29, 1.82) is 0 Å². The van der Waals surface area contributed by atoms with Crippen molar-refractivity contribution in [1.82, 2.24) is 4.98 Å². The van der Waals surface area contributed by atoms with Gasteiger partial charge in [0, 0.05) is 17.5 Å². The molecular weight excluding hydrogens is 261 g/mol. The molecule has 0 saturated carbocycles. The van der Waals surface area contributed by atoms with Crippen LogP contribution in [-0.2, 0) is 12.7 Å². The molecule has 2 aromatic rings. The smallest absolute Gasteiger partial charge is 0.325 e. The number of alkyl halides is 3. The van der Waals surface area contributed by atoms with Crippen LogP contribution in [0.25, 0.3) is 11.3 Å². The van der Waals surface area contributed by atoms with E-state index >= 15 is 0 Å². The molecule has 2 rings (SSSR count). The van der Waals surface area contributed by atoms with E-state index in [1.165, 1.54) is 11.3 Å². The number of rotatable bonds is 2. The summed E-state index contributed by atoms with van der Waals surface area (Å²) in [6.07, 6.45) is -4.34. The second-order valence-electron chi connectivity index (χ2n) is 3.92. The Bertz CT molecular complexity index is 561. The fraction of sp³-hybridized carbons (Fsp3) is 0.250. The van der Waals surface area contributed by atoms with Gasteiger partial charge in [-0.2, -0.15) is 13.2 Å². The average Bonchev–Trinajstić information content (AvgIpc) is 2.75. The first-order valence-corrected chi connectivity index (χ1v) is 6.12. The molecule has 0 aliphatic rings. The van der Waals surface area contributed by atoms with Gasteiger partial charge in [0.2, 0.25) is 0 Å². The fourth-order valence-electron chi connectivity index (χ4n) is 1.63. The van der Waals surface area contributed by atoms with E-state index in [4.69, 9.17) is 5.73 Å². The van der Waals surface area contributed by atoms with Crippen molar-refractivity contribution in [2.24, 2.45) is 5.73 Å². The highest BCUT2D eigenvalue weighted by Gasteiger charge is 2.31. The zero-order chi connectivity index (χ0) is 13.3. The normalized spacial score (nSPS) is 11.8. The molecule has 2 N–H and O–H groups in total. The van der Waals surface area contributed by atoms with Crippen LogP contribution in [0.4, 0.5) is 13.2 Å². The van der Waals surface area contributed by atoms with Crippen LogP contribution in [0, 0.1) is 6.92 Å². The van der Waals surface area contributed by atoms with Crippen LogP contribution in [0.15, 0.2) is 23.6 Å². The first kappa shape index (κ1) is 13.0. The van der Waals surface area contributed by atoms with E-state index < -0.39 is 11.7 Å². The zero-order valence-electron chi connectivity index (χ0n) is 9.58. The summed E-state index contributed by atoms with van der Waals surface area (Å²) in [5, 5.41) is 2.43. The number of thiazole rings is 1. The van der Waals surface area contributed by atoms with E-state index in [2.05, 4.69) is 4.98 Å². The van der Waals surface area contributed by atoms with E-state index in [9.17, 15) is 13.2 Å². The van der Waals surface area contributed by atoms with Gasteiger partial charge in [-0.3, -0.25) is 0 Å². The Morgan fingerprint density at radius 3 is 2.56 bits per heavy atom. The third kappa shape index (κ3) is 2.70. The number of aromatic nitrogens is 1. The zero-order valence-corrected chi connectivity index (χ0v) is 10.4. The molecule has 0 aliphatic heterocycles. The van der Waals surface area contributed by atoms with Gasteiger partial charge in [-0.05, 0) is 30.7 Å². The topological polar surface area (TPSA) is 38.9 Å². The number of aryl methyl sites for hydroxylation is 1. The van der Waals surface area contributed by atoms with Crippen molar-refractivity contribution < 1.29 is 13.2 Å². The minimum absolute atomic E-state index is 0.294. The highest BCUT2D eigenvalue weighted by atomic mass is 32.1. The van der Waals surface area contributed by atoms with Gasteiger partial charge >= 0.3 is 6.18 Å². The molecule has 2 nitrogen and oxygen atoms in total. The number of hydrogen-bond donors (Lipinski definition) is 1. The highest BCUT2D eigenvalue weighted by molar-refractivity contribution is 7.09. The summed E-state index contributed by atoms with van der Waals surface area (Å²) in [7, 11) is 0. The van der Waals surface area contributed by atoms with Crippen molar-refractivity contribution in [3.8, 4) is 11.3 Å². The average molecular weight is 272 g/mol. The van der Waals surface area contributed by atoms with Crippen LogP contribution in [0.5, 0.6) is 0 Å². The molecular formula is C12H11F3N2S. The molecule has 0 unspecified atom stereocenters. The molecule has 0 saturated heterocycles. The monoisotopic (exact) mass is 272 g/mol. The summed E-state index contributed by atoms with van der Waals surface area (Å²) in [5.74, 6) is 0. The second kappa shape index (κ2) is 4.70. The predicted molar refractivity (Wildman–Crippen MR) is 65.2 cm³/mol. The molecule has 0 radical (unpaired) electrons. The van der Waals surface area contributed by atoms with Gasteiger partial charge < -0.3 is 5.73 Å². The van der Waals surface area contributed by atoms with Gasteiger partial charge in [0.25, 0.3) is 0 Å². The Labute approximate surface area is 106 Å². The van der Waals surface area contributed by atoms with Crippen LogP contribution in [0.1, 0.15) is 16.1 Å². The molecule has 0 aliphatic carbocycles. The minimum Gasteiger partial charge on any atom is -0.325 e. The molecule has 1 aromatic carbocycles. The Balaban J connectivity index is 2.48. The molecule has 0 bridgehead atoms. The van der Waals surface area contributed by atoms with E-state index in [-0.39, 0.29) is 0 Å². The molecule has 0 spiro atoms. The fourth-order valence-corrected chi connectivity index (χ4v) is 2.32. The summed E-state index contributed by atoms with van der Waals surface area (Å²) in [4.78, 5) is 4.19. The Morgan fingerprint density at radius 2 is 2.00 bits per heavy atom. The lowest BCUT2D eigenvalue weighted by atomic mass is 10.0. The maximum atomic E-state index is 12.7. The SMILES string of the molecule is Cc1cc(-c2csc(CN)n2)cc(C(F)(F)F)c1. The quantitative estimate of drug-likeness (QED) is 0.907. The lowest BCUT2D eigenvalue weighted by Crippen LogP contribution is -2.05. The second-order valence-corrected chi connectivity index (χ2v) is 4.86. The van der Waals surface area contributed by atoms with Gasteiger partial charge in [0.15, 0.2) is 0 Å². The van der Waals surface area contributed by atoms with E-state index in [0.717, 1.165) is 12.1 Å². The van der Waals surface area contributed by atoms with Crippen molar-refractivity contribution in [3.05, 3.63) is 39.7 Å². The maximum Gasteiger partial charge on any atom is 0.416 e. The summed E-state index contributed by atoms with van der Waals surface area (Å²) in [6.45, 7) is 1.93. The van der Waals surface area contributed by atoms with E-state index in [0.29, 0.717) is 28.4 Å². The Hall–Kier alpha value is -1.40. The number of hydrogen-bond acceptors (Lipinski definition) is 3. The Morgan fingerprint density at radius 1 is 1.28 bits per heavy atom. The van der Waals surface area contributed by atoms with Gasteiger partial charge in [-0.25, -0.2) is 4.98 Å². The lowest BCUT2D eigenvalue weighted by molar-refractivity contribution is -0.137. The van der Waals surface area contributed by atoms with Crippen LogP contribution < -0.4 is 5.73 Å². The number of halogens is 3. The molecule has 18 heavy (non-hydrogen) atoms. The van der Waals surface area contributed by atoms with Crippen molar-refractivity contribution in [3.63, 3.8) is 0 Å². The number of nitrogens with zero attached hydrogens (tertiary/aromatic N) is 1. The van der Waals surface area contributed by atoms with Crippen LogP contribution in [-0.4, -0.2) is 4.98 Å². The predicted octanol–water partition coefficient (Wildman–Crippen LogP) is 3.60. The molecule has 0 amide bonds. The van der Waals surface area contributed by atoms with Crippen LogP contribution in [0.2, 0.25) is 0 Å². The van der Waals surface area contributed by atoms with E-state index in [1.807, 2.05) is 0 Å². The highest BCUT2D eigenvalue weighted by Crippen LogP contribution is 2.33. The van der Waals surface area contributed by atoms with Crippen molar-refractivity contribution >= 4 is 11.3 Å². The van der Waals surface area contributed by atoms with Gasteiger partial charge in [-0.1, -0.05) is 0 Å². The van der Waals surface area contributed by atoms with Crippen molar-refractivity contribution in [2.45, 2.75) is 19.6 Å². The van der Waals surface area contributed by atoms with Crippen LogP contribution in [0.3, 0.4) is 0 Å². The molecule has 0 atom stereocenters. The lowest BCUT2D eigenvalue weighted by Gasteiger charge is -2.09. The summed E-state index contributed by atoms with van der Waals surface area (Å²) in [5.41, 5.74) is 6.35. The largest absolute Gasteiger partial charge is 0.416 e. The van der Waals surface area contributed by atoms with Gasteiger partial charge in [0.05, 0.1) is 11.3 Å². The third-order valence-electron chi connectivity index (χ3n) is 2.43. The molecule has 0 fully saturated rings. The first-order valence-electron chi connectivity index (χ1n) is 5.24. The summed E-state index contributed by atoms with van der Waals surface area (Å²) in [6, 6.07) is 3.92. The molecule has 96 valence electrons. The summed E-state index contributed by atoms with van der Waals surface area (Å²) < 4.78 is 38.1. The Kier molecular flexibility index (Phi) is 3.41. The first-order chi connectivity index (χ1) is 8.40.